The van der Waals surface area contributed by atoms with Gasteiger partial charge >= 0.3 is 6.03 Å². The van der Waals surface area contributed by atoms with E-state index in [2.05, 4.69) is 15.3 Å². The van der Waals surface area contributed by atoms with Crippen LogP contribution in [0.15, 0.2) is 6.20 Å². The van der Waals surface area contributed by atoms with E-state index in [9.17, 15) is 4.79 Å². The number of ether oxygens (including phenoxy) is 1. The fraction of sp³-hybridized carbons (Fsp3) is 0.500. The Morgan fingerprint density at radius 3 is 2.60 bits per heavy atom. The maximum Gasteiger partial charge on any atom is 0.317 e. The SMILES string of the molecule is COc1c(C)cnc(CN(C)C(=O)NC(C)c2sc(C)nc2C)c1C. The molecule has 0 aliphatic heterocycles. The van der Waals surface area contributed by atoms with Gasteiger partial charge in [0.05, 0.1) is 36.1 Å². The van der Waals surface area contributed by atoms with E-state index in [-0.39, 0.29) is 12.1 Å². The van der Waals surface area contributed by atoms with Crippen molar-refractivity contribution in [3.63, 3.8) is 0 Å². The van der Waals surface area contributed by atoms with Crippen molar-refractivity contribution >= 4 is 17.4 Å². The first-order chi connectivity index (χ1) is 11.7. The number of carbonyl (C=O) groups is 1. The van der Waals surface area contributed by atoms with E-state index in [1.807, 2.05) is 34.6 Å². The van der Waals surface area contributed by atoms with E-state index < -0.39 is 0 Å². The van der Waals surface area contributed by atoms with Crippen LogP contribution in [0, 0.1) is 27.7 Å². The van der Waals surface area contributed by atoms with Gasteiger partial charge in [0.15, 0.2) is 0 Å². The minimum absolute atomic E-state index is 0.0808. The molecule has 6 nitrogen and oxygen atoms in total. The highest BCUT2D eigenvalue weighted by Crippen LogP contribution is 2.26. The Hall–Kier alpha value is -2.15. The van der Waals surface area contributed by atoms with Gasteiger partial charge in [-0.15, -0.1) is 11.3 Å². The lowest BCUT2D eigenvalue weighted by Crippen LogP contribution is -2.38. The number of thiazole rings is 1. The molecule has 136 valence electrons. The van der Waals surface area contributed by atoms with Crippen molar-refractivity contribution in [2.45, 2.75) is 47.2 Å². The number of nitrogens with one attached hydrogen (secondary N) is 1. The molecule has 0 aliphatic rings. The molecule has 7 heteroatoms. The number of amides is 2. The first kappa shape index (κ1) is 19.2. The average molecular weight is 362 g/mol. The van der Waals surface area contributed by atoms with E-state index in [1.165, 1.54) is 0 Å². The number of methoxy groups -OCH3 is 1. The van der Waals surface area contributed by atoms with Gasteiger partial charge in [-0.1, -0.05) is 0 Å². The Labute approximate surface area is 153 Å². The molecule has 0 fully saturated rings. The van der Waals surface area contributed by atoms with Crippen molar-refractivity contribution in [1.82, 2.24) is 20.2 Å². The predicted octanol–water partition coefficient (Wildman–Crippen LogP) is 3.68. The summed E-state index contributed by atoms with van der Waals surface area (Å²) in [7, 11) is 3.41. The van der Waals surface area contributed by atoms with Crippen molar-refractivity contribution in [3.8, 4) is 5.75 Å². The number of aromatic nitrogens is 2. The van der Waals surface area contributed by atoms with Crippen molar-refractivity contribution in [3.05, 3.63) is 38.6 Å². The summed E-state index contributed by atoms with van der Waals surface area (Å²) in [5, 5.41) is 4.04. The van der Waals surface area contributed by atoms with E-state index in [0.29, 0.717) is 6.54 Å². The number of carbonyl (C=O) groups excluding carboxylic acids is 1. The molecular formula is C18H26N4O2S. The van der Waals surface area contributed by atoms with Crippen LogP contribution in [0.4, 0.5) is 4.79 Å². The number of hydrogen-bond acceptors (Lipinski definition) is 5. The maximum atomic E-state index is 12.5. The summed E-state index contributed by atoms with van der Waals surface area (Å²) >= 11 is 1.62. The topological polar surface area (TPSA) is 67.3 Å². The number of urea groups is 1. The van der Waals surface area contributed by atoms with E-state index >= 15 is 0 Å². The van der Waals surface area contributed by atoms with Gasteiger partial charge < -0.3 is 15.0 Å². The van der Waals surface area contributed by atoms with Gasteiger partial charge in [0.2, 0.25) is 0 Å². The van der Waals surface area contributed by atoms with E-state index in [0.717, 1.165) is 38.1 Å². The molecular weight excluding hydrogens is 336 g/mol. The Bertz CT molecular complexity index is 773. The van der Waals surface area contributed by atoms with Crippen molar-refractivity contribution in [2.24, 2.45) is 0 Å². The fourth-order valence-electron chi connectivity index (χ4n) is 2.84. The van der Waals surface area contributed by atoms with Crippen LogP contribution in [0.25, 0.3) is 0 Å². The summed E-state index contributed by atoms with van der Waals surface area (Å²) in [6.07, 6.45) is 1.78. The van der Waals surface area contributed by atoms with Gasteiger partial charge in [0.25, 0.3) is 0 Å². The quantitative estimate of drug-likeness (QED) is 0.881. The number of pyridine rings is 1. The summed E-state index contributed by atoms with van der Waals surface area (Å²) in [5.41, 5.74) is 3.75. The number of hydrogen-bond donors (Lipinski definition) is 1. The molecule has 0 saturated heterocycles. The molecule has 2 heterocycles. The zero-order chi connectivity index (χ0) is 18.7. The lowest BCUT2D eigenvalue weighted by molar-refractivity contribution is 0.203. The second-order valence-corrected chi connectivity index (χ2v) is 7.49. The van der Waals surface area contributed by atoms with E-state index in [1.54, 1.807) is 36.6 Å². The van der Waals surface area contributed by atoms with Crippen LogP contribution < -0.4 is 10.1 Å². The second-order valence-electron chi connectivity index (χ2n) is 6.26. The predicted molar refractivity (Wildman–Crippen MR) is 100 cm³/mol. The minimum Gasteiger partial charge on any atom is -0.496 e. The molecule has 0 aliphatic carbocycles. The van der Waals surface area contributed by atoms with Crippen LogP contribution >= 0.6 is 11.3 Å². The average Bonchev–Trinajstić information content (AvgIpc) is 2.89. The monoisotopic (exact) mass is 362 g/mol. The molecule has 0 spiro atoms. The number of rotatable bonds is 5. The fourth-order valence-corrected chi connectivity index (χ4v) is 3.77. The summed E-state index contributed by atoms with van der Waals surface area (Å²) in [6, 6.07) is -0.221. The van der Waals surface area contributed by atoms with Crippen molar-refractivity contribution in [1.29, 1.82) is 0 Å². The molecule has 1 N–H and O–H groups in total. The summed E-state index contributed by atoms with van der Waals surface area (Å²) in [4.78, 5) is 24.1. The first-order valence-corrected chi connectivity index (χ1v) is 9.00. The third-order valence-electron chi connectivity index (χ3n) is 4.16. The highest BCUT2D eigenvalue weighted by molar-refractivity contribution is 7.11. The molecule has 2 amide bonds. The largest absolute Gasteiger partial charge is 0.496 e. The highest BCUT2D eigenvalue weighted by atomic mass is 32.1. The molecule has 25 heavy (non-hydrogen) atoms. The van der Waals surface area contributed by atoms with Gasteiger partial charge in [-0.2, -0.15) is 0 Å². The molecule has 1 atom stereocenters. The third kappa shape index (κ3) is 4.28. The standard InChI is InChI=1S/C18H26N4O2S/c1-10-8-19-15(11(2)16(10)24-7)9-22(6)18(23)21-13(4)17-12(3)20-14(5)25-17/h8,13H,9H2,1-7H3,(H,21,23). The van der Waals surface area contributed by atoms with Crippen LogP contribution in [0.5, 0.6) is 5.75 Å². The van der Waals surface area contributed by atoms with Gasteiger partial charge in [-0.25, -0.2) is 9.78 Å². The Balaban J connectivity index is 2.07. The lowest BCUT2D eigenvalue weighted by atomic mass is 10.1. The van der Waals surface area contributed by atoms with Gasteiger partial charge in [-0.3, -0.25) is 4.98 Å². The van der Waals surface area contributed by atoms with Gasteiger partial charge in [-0.05, 0) is 34.6 Å². The number of aryl methyl sites for hydroxylation is 3. The first-order valence-electron chi connectivity index (χ1n) is 8.19. The minimum atomic E-state index is -0.140. The van der Waals surface area contributed by atoms with Gasteiger partial charge in [0, 0.05) is 29.2 Å². The highest BCUT2D eigenvalue weighted by Gasteiger charge is 2.19. The Kier molecular flexibility index (Phi) is 6.00. The van der Waals surface area contributed by atoms with Crippen LogP contribution in [-0.4, -0.2) is 35.1 Å². The van der Waals surface area contributed by atoms with E-state index in [4.69, 9.17) is 4.74 Å². The molecule has 0 radical (unpaired) electrons. The van der Waals surface area contributed by atoms with Gasteiger partial charge in [0.1, 0.15) is 5.75 Å². The molecule has 2 aromatic heterocycles. The summed E-state index contributed by atoms with van der Waals surface area (Å²) in [6.45, 7) is 10.3. The van der Waals surface area contributed by atoms with Crippen LogP contribution in [0.3, 0.4) is 0 Å². The summed E-state index contributed by atoms with van der Waals surface area (Å²) in [5.74, 6) is 0.822. The second kappa shape index (κ2) is 7.82. The summed E-state index contributed by atoms with van der Waals surface area (Å²) < 4.78 is 5.43. The smallest absolute Gasteiger partial charge is 0.317 e. The Morgan fingerprint density at radius 1 is 1.36 bits per heavy atom. The molecule has 2 aromatic rings. The molecule has 0 aromatic carbocycles. The van der Waals surface area contributed by atoms with Crippen molar-refractivity contribution < 1.29 is 9.53 Å². The number of nitrogens with zero attached hydrogens (tertiary/aromatic N) is 3. The molecule has 2 rings (SSSR count). The molecule has 0 bridgehead atoms. The van der Waals surface area contributed by atoms with Crippen LogP contribution in [0.1, 0.15) is 45.4 Å². The van der Waals surface area contributed by atoms with Crippen molar-refractivity contribution in [2.75, 3.05) is 14.2 Å². The maximum absolute atomic E-state index is 12.5. The zero-order valence-corrected chi connectivity index (χ0v) is 16.7. The normalized spacial score (nSPS) is 12.0. The van der Waals surface area contributed by atoms with Crippen LogP contribution in [-0.2, 0) is 6.54 Å². The Morgan fingerprint density at radius 2 is 2.04 bits per heavy atom. The van der Waals surface area contributed by atoms with Crippen LogP contribution in [0.2, 0.25) is 0 Å². The third-order valence-corrected chi connectivity index (χ3v) is 5.41. The lowest BCUT2D eigenvalue weighted by Gasteiger charge is -2.22. The molecule has 1 unspecified atom stereocenters. The zero-order valence-electron chi connectivity index (χ0n) is 15.9. The molecule has 0 saturated carbocycles.